The highest BCUT2D eigenvalue weighted by Gasteiger charge is 2.21. The number of rotatable bonds is 5. The Balaban J connectivity index is 1.67. The van der Waals surface area contributed by atoms with Gasteiger partial charge in [-0.1, -0.05) is 30.3 Å². The number of thiophene rings is 1. The zero-order valence-corrected chi connectivity index (χ0v) is 16.0. The van der Waals surface area contributed by atoms with Crippen molar-refractivity contribution in [2.45, 2.75) is 13.1 Å². The number of aromatic nitrogens is 1. The van der Waals surface area contributed by atoms with Gasteiger partial charge in [0.25, 0.3) is 5.91 Å². The first-order valence-electron chi connectivity index (χ1n) is 8.83. The molecule has 0 atom stereocenters. The van der Waals surface area contributed by atoms with Crippen LogP contribution in [0.2, 0.25) is 0 Å². The fourth-order valence-corrected chi connectivity index (χ4v) is 4.11. The second-order valence-electron chi connectivity index (χ2n) is 6.67. The lowest BCUT2D eigenvalue weighted by atomic mass is 10.2. The number of benzene rings is 2. The molecule has 0 radical (unpaired) electrons. The third-order valence-electron chi connectivity index (χ3n) is 4.68. The van der Waals surface area contributed by atoms with Crippen molar-refractivity contribution in [3.8, 4) is 0 Å². The van der Waals surface area contributed by atoms with Crippen molar-refractivity contribution in [3.05, 3.63) is 94.5 Å². The van der Waals surface area contributed by atoms with Crippen LogP contribution < -0.4 is 0 Å². The van der Waals surface area contributed by atoms with Crippen LogP contribution in [0, 0.1) is 11.6 Å². The average Bonchev–Trinajstić information content (AvgIpc) is 3.26. The molecule has 2 aromatic heterocycles. The van der Waals surface area contributed by atoms with E-state index in [0.717, 1.165) is 15.8 Å². The number of hydrogen-bond donors (Lipinski definition) is 0. The first-order valence-corrected chi connectivity index (χ1v) is 9.71. The van der Waals surface area contributed by atoms with Gasteiger partial charge in [-0.25, -0.2) is 8.78 Å². The van der Waals surface area contributed by atoms with Crippen molar-refractivity contribution in [2.75, 3.05) is 7.05 Å². The number of carbonyl (C=O) groups is 1. The molecule has 4 aromatic rings. The van der Waals surface area contributed by atoms with Gasteiger partial charge in [-0.15, -0.1) is 11.3 Å². The molecule has 3 nitrogen and oxygen atoms in total. The quantitative estimate of drug-likeness (QED) is 0.449. The average molecular weight is 396 g/mol. The maximum absolute atomic E-state index is 14.0. The Morgan fingerprint density at radius 3 is 2.68 bits per heavy atom. The molecule has 0 aliphatic rings. The van der Waals surface area contributed by atoms with Gasteiger partial charge in [0.15, 0.2) is 0 Å². The number of halogens is 2. The number of fused-ring (bicyclic) bond motifs is 1. The molecule has 0 aliphatic carbocycles. The maximum Gasteiger partial charge on any atom is 0.270 e. The lowest BCUT2D eigenvalue weighted by molar-refractivity contribution is 0.0774. The van der Waals surface area contributed by atoms with Gasteiger partial charge >= 0.3 is 0 Å². The second-order valence-corrected chi connectivity index (χ2v) is 7.62. The summed E-state index contributed by atoms with van der Waals surface area (Å²) in [6, 6.07) is 16.6. The minimum absolute atomic E-state index is 0.171. The molecule has 0 fully saturated rings. The molecule has 142 valence electrons. The molecule has 1 amide bonds. The Kier molecular flexibility index (Phi) is 4.96. The lowest BCUT2D eigenvalue weighted by Gasteiger charge is -2.19. The molecule has 0 spiro atoms. The minimum atomic E-state index is -0.335. The van der Waals surface area contributed by atoms with Crippen LogP contribution in [0.4, 0.5) is 8.78 Å². The first kappa shape index (κ1) is 18.4. The van der Waals surface area contributed by atoms with Crippen LogP contribution in [0.5, 0.6) is 0 Å². The van der Waals surface area contributed by atoms with Crippen LogP contribution in [-0.4, -0.2) is 22.4 Å². The summed E-state index contributed by atoms with van der Waals surface area (Å²) in [5.41, 5.74) is 2.67. The van der Waals surface area contributed by atoms with Crippen LogP contribution in [0.25, 0.3) is 10.2 Å². The summed E-state index contributed by atoms with van der Waals surface area (Å²) in [6.45, 7) is 0.552. The zero-order chi connectivity index (χ0) is 19.7. The number of nitrogens with zero attached hydrogens (tertiary/aromatic N) is 2. The fourth-order valence-electron chi connectivity index (χ4n) is 3.29. The van der Waals surface area contributed by atoms with Crippen molar-refractivity contribution in [3.63, 3.8) is 0 Å². The lowest BCUT2D eigenvalue weighted by Crippen LogP contribution is -2.28. The molecule has 4 rings (SSSR count). The van der Waals surface area contributed by atoms with E-state index in [1.54, 1.807) is 42.6 Å². The second kappa shape index (κ2) is 7.56. The van der Waals surface area contributed by atoms with Crippen molar-refractivity contribution in [1.29, 1.82) is 0 Å². The highest BCUT2D eigenvalue weighted by Crippen LogP contribution is 2.27. The Morgan fingerprint density at radius 2 is 1.89 bits per heavy atom. The number of hydrogen-bond acceptors (Lipinski definition) is 2. The van der Waals surface area contributed by atoms with E-state index in [1.807, 2.05) is 28.1 Å². The first-order chi connectivity index (χ1) is 13.5. The topological polar surface area (TPSA) is 25.2 Å². The fraction of sp³-hybridized carbons (Fsp3) is 0.136. The predicted molar refractivity (Wildman–Crippen MR) is 108 cm³/mol. The van der Waals surface area contributed by atoms with Crippen LogP contribution in [-0.2, 0) is 13.1 Å². The van der Waals surface area contributed by atoms with Gasteiger partial charge < -0.3 is 9.47 Å². The minimum Gasteiger partial charge on any atom is -0.336 e. The summed E-state index contributed by atoms with van der Waals surface area (Å²) in [6.07, 6.45) is 0. The van der Waals surface area contributed by atoms with Crippen molar-refractivity contribution in [1.82, 2.24) is 9.47 Å². The Morgan fingerprint density at radius 1 is 1.07 bits per heavy atom. The van der Waals surface area contributed by atoms with Gasteiger partial charge in [-0.3, -0.25) is 4.79 Å². The Bertz CT molecular complexity index is 1150. The van der Waals surface area contributed by atoms with Gasteiger partial charge in [0.05, 0.1) is 10.2 Å². The molecule has 0 unspecified atom stereocenters. The highest BCUT2D eigenvalue weighted by atomic mass is 32.1. The molecule has 0 bridgehead atoms. The normalized spacial score (nSPS) is 11.1. The summed E-state index contributed by atoms with van der Waals surface area (Å²) >= 11 is 1.55. The molecule has 2 aromatic carbocycles. The highest BCUT2D eigenvalue weighted by molar-refractivity contribution is 7.17. The predicted octanol–water partition coefficient (Wildman–Crippen LogP) is 5.30. The third-order valence-corrected chi connectivity index (χ3v) is 5.54. The SMILES string of the molecule is CN(Cc1ccccc1F)C(=O)c1cc2sccc2n1Cc1cccc(F)c1. The van der Waals surface area contributed by atoms with Gasteiger partial charge in [0.1, 0.15) is 17.3 Å². The van der Waals surface area contributed by atoms with Crippen LogP contribution in [0.1, 0.15) is 21.6 Å². The molecule has 0 saturated carbocycles. The van der Waals surface area contributed by atoms with Crippen molar-refractivity contribution in [2.24, 2.45) is 0 Å². The molecule has 0 saturated heterocycles. The molecular weight excluding hydrogens is 378 g/mol. The smallest absolute Gasteiger partial charge is 0.270 e. The molecule has 2 heterocycles. The Hall–Kier alpha value is -2.99. The maximum atomic E-state index is 14.0. The summed E-state index contributed by atoms with van der Waals surface area (Å²) in [4.78, 5) is 14.6. The van der Waals surface area contributed by atoms with Gasteiger partial charge in [-0.05, 0) is 41.3 Å². The van der Waals surface area contributed by atoms with E-state index in [2.05, 4.69) is 0 Å². The van der Waals surface area contributed by atoms with E-state index in [0.29, 0.717) is 17.8 Å². The molecule has 0 N–H and O–H groups in total. The standard InChI is InChI=1S/C22H18F2N2OS/c1-25(14-16-6-2-3-8-18(16)24)22(27)20-12-21-19(9-10-28-21)26(20)13-15-5-4-7-17(23)11-15/h2-12H,13-14H2,1H3. The van der Waals surface area contributed by atoms with Crippen LogP contribution in [0.3, 0.4) is 0 Å². The molecular formula is C22H18F2N2OS. The van der Waals surface area contributed by atoms with Crippen molar-refractivity contribution >= 4 is 27.5 Å². The summed E-state index contributed by atoms with van der Waals surface area (Å²) < 4.78 is 30.4. The zero-order valence-electron chi connectivity index (χ0n) is 15.2. The van der Waals surface area contributed by atoms with E-state index in [-0.39, 0.29) is 24.1 Å². The van der Waals surface area contributed by atoms with Crippen LogP contribution in [0.15, 0.2) is 66.0 Å². The van der Waals surface area contributed by atoms with Gasteiger partial charge in [0.2, 0.25) is 0 Å². The van der Waals surface area contributed by atoms with E-state index >= 15 is 0 Å². The van der Waals surface area contributed by atoms with E-state index in [1.165, 1.54) is 23.1 Å². The third kappa shape index (κ3) is 3.55. The summed E-state index contributed by atoms with van der Waals surface area (Å²) in [5, 5.41) is 1.96. The van der Waals surface area contributed by atoms with Crippen molar-refractivity contribution < 1.29 is 13.6 Å². The Labute approximate surface area is 165 Å². The van der Waals surface area contributed by atoms with E-state index in [4.69, 9.17) is 0 Å². The monoisotopic (exact) mass is 396 g/mol. The molecule has 0 aliphatic heterocycles. The van der Waals surface area contributed by atoms with Gasteiger partial charge in [0, 0.05) is 25.7 Å². The largest absolute Gasteiger partial charge is 0.336 e. The van der Waals surface area contributed by atoms with E-state index < -0.39 is 0 Å². The number of amides is 1. The molecule has 28 heavy (non-hydrogen) atoms. The number of carbonyl (C=O) groups excluding carboxylic acids is 1. The molecule has 6 heteroatoms. The summed E-state index contributed by atoms with van der Waals surface area (Å²) in [5.74, 6) is -0.850. The summed E-state index contributed by atoms with van der Waals surface area (Å²) in [7, 11) is 1.66. The van der Waals surface area contributed by atoms with E-state index in [9.17, 15) is 13.6 Å². The van der Waals surface area contributed by atoms with Gasteiger partial charge in [-0.2, -0.15) is 0 Å². The van der Waals surface area contributed by atoms with Crippen LogP contribution >= 0.6 is 11.3 Å².